The summed E-state index contributed by atoms with van der Waals surface area (Å²) in [6, 6.07) is 6.20. The van der Waals surface area contributed by atoms with Crippen LogP contribution in [-0.2, 0) is 0 Å². The van der Waals surface area contributed by atoms with E-state index in [0.717, 1.165) is 36.4 Å². The highest BCUT2D eigenvalue weighted by Crippen LogP contribution is 2.44. The second-order valence-electron chi connectivity index (χ2n) is 6.27. The van der Waals surface area contributed by atoms with E-state index < -0.39 is 56.6 Å². The molecule has 0 fully saturated rings. The van der Waals surface area contributed by atoms with Crippen molar-refractivity contribution >= 4 is 35.6 Å². The Morgan fingerprint density at radius 3 is 1.24 bits per heavy atom. The van der Waals surface area contributed by atoms with Gasteiger partial charge in [0.05, 0.1) is 0 Å². The second-order valence-corrected chi connectivity index (χ2v) is 7.36. The van der Waals surface area contributed by atoms with E-state index in [-0.39, 0.29) is 11.1 Å². The van der Waals surface area contributed by atoms with Crippen molar-refractivity contribution in [2.24, 2.45) is 0 Å². The molecule has 0 aromatic heterocycles. The fourth-order valence-corrected chi connectivity index (χ4v) is 3.50. The van der Waals surface area contributed by atoms with Gasteiger partial charge in [0.2, 0.25) is 11.7 Å². The summed E-state index contributed by atoms with van der Waals surface area (Å²) in [5, 5.41) is 0. The highest BCUT2D eigenvalue weighted by Gasteiger charge is 2.40. The van der Waals surface area contributed by atoms with E-state index in [9.17, 15) is 43.9 Å². The minimum Gasteiger partial charge on any atom is -0.203 e. The Bertz CT molecular complexity index is 1050. The molecule has 2 aromatic rings. The molecule has 0 aliphatic heterocycles. The molecule has 0 saturated carbocycles. The predicted molar refractivity (Wildman–Crippen MR) is 108 cm³/mol. The van der Waals surface area contributed by atoms with Gasteiger partial charge >= 0.3 is 12.4 Å². The first-order valence-corrected chi connectivity index (χ1v) is 9.48. The van der Waals surface area contributed by atoms with Crippen LogP contribution in [0.5, 0.6) is 0 Å². The molecule has 11 heteroatoms. The van der Waals surface area contributed by atoms with Gasteiger partial charge in [0.25, 0.3) is 0 Å². The maximum absolute atomic E-state index is 14.4. The van der Waals surface area contributed by atoms with Crippen molar-refractivity contribution in [2.75, 3.05) is 0 Å². The van der Waals surface area contributed by atoms with Crippen LogP contribution in [0.1, 0.15) is 22.3 Å². The normalized spacial score (nSPS) is 13.9. The molecular weight excluding hydrogens is 486 g/mol. The lowest BCUT2D eigenvalue weighted by Crippen LogP contribution is -2.10. The van der Waals surface area contributed by atoms with Gasteiger partial charge in [-0.1, -0.05) is 49.2 Å². The first-order valence-electron chi connectivity index (χ1n) is 8.67. The maximum atomic E-state index is 14.4. The Morgan fingerprint density at radius 1 is 0.636 bits per heavy atom. The summed E-state index contributed by atoms with van der Waals surface area (Å²) in [6.45, 7) is 6.73. The third-order valence-corrected chi connectivity index (χ3v) is 5.21. The number of rotatable bonds is 6. The van der Waals surface area contributed by atoms with Gasteiger partial charge in [0.1, 0.15) is 0 Å². The smallest absolute Gasteiger partial charge is 0.203 e. The van der Waals surface area contributed by atoms with Gasteiger partial charge in [-0.2, -0.15) is 35.1 Å². The predicted octanol–water partition coefficient (Wildman–Crippen LogP) is 9.46. The lowest BCUT2D eigenvalue weighted by molar-refractivity contribution is -0.109. The van der Waals surface area contributed by atoms with Crippen LogP contribution >= 0.6 is 11.8 Å². The van der Waals surface area contributed by atoms with E-state index in [1.165, 1.54) is 12.1 Å². The van der Waals surface area contributed by atoms with E-state index in [4.69, 9.17) is 0 Å². The number of alkyl halides is 6. The van der Waals surface area contributed by atoms with Gasteiger partial charge < -0.3 is 0 Å². The minimum atomic E-state index is -5.66. The number of benzene rings is 2. The number of allylic oxidation sites excluding steroid dienone is 2. The molecule has 0 amide bonds. The van der Waals surface area contributed by atoms with Crippen LogP contribution in [0.25, 0.3) is 23.8 Å². The van der Waals surface area contributed by atoms with Crippen LogP contribution in [0.2, 0.25) is 0 Å². The second kappa shape index (κ2) is 9.90. The number of hydrogen-bond acceptors (Lipinski definition) is 1. The summed E-state index contributed by atoms with van der Waals surface area (Å²) in [7, 11) is 0. The van der Waals surface area contributed by atoms with Gasteiger partial charge in [-0.25, -0.2) is 8.78 Å². The van der Waals surface area contributed by atoms with Gasteiger partial charge in [0, 0.05) is 20.9 Å². The number of hydrogen-bond donors (Lipinski definition) is 0. The molecule has 0 spiro atoms. The fraction of sp³-hybridized carbons (Fsp3) is 0.0909. The fourth-order valence-electron chi connectivity index (χ4n) is 2.47. The third-order valence-electron chi connectivity index (χ3n) is 4.05. The van der Waals surface area contributed by atoms with E-state index in [0.29, 0.717) is 11.8 Å². The minimum absolute atomic E-state index is 0.0934. The van der Waals surface area contributed by atoms with Crippen molar-refractivity contribution in [3.8, 4) is 0 Å². The summed E-state index contributed by atoms with van der Waals surface area (Å²) in [6.07, 6.45) is -9.06. The average Bonchev–Trinajstić information content (AvgIpc) is 2.76. The Labute approximate surface area is 185 Å². The van der Waals surface area contributed by atoms with E-state index in [1.54, 1.807) is 0 Å². The summed E-state index contributed by atoms with van der Waals surface area (Å²) in [5.74, 6) is -10.7. The van der Waals surface area contributed by atoms with E-state index >= 15 is 0 Å². The highest BCUT2D eigenvalue weighted by atomic mass is 32.2. The average molecular weight is 498 g/mol. The maximum Gasteiger partial charge on any atom is 0.445 e. The van der Waals surface area contributed by atoms with Crippen molar-refractivity contribution in [1.82, 2.24) is 0 Å². The van der Waals surface area contributed by atoms with Crippen molar-refractivity contribution in [1.29, 1.82) is 0 Å². The lowest BCUT2D eigenvalue weighted by Gasteiger charge is -2.14. The van der Waals surface area contributed by atoms with Crippen molar-refractivity contribution in [2.45, 2.75) is 22.1 Å². The van der Waals surface area contributed by atoms with Crippen molar-refractivity contribution in [3.05, 3.63) is 83.5 Å². The molecule has 0 heterocycles. The largest absolute Gasteiger partial charge is 0.445 e. The molecule has 0 bridgehead atoms. The molecule has 33 heavy (non-hydrogen) atoms. The lowest BCUT2D eigenvalue weighted by atomic mass is 10.1. The summed E-state index contributed by atoms with van der Waals surface area (Å²) in [5.41, 5.74) is -1.63. The van der Waals surface area contributed by atoms with Crippen LogP contribution in [0.4, 0.5) is 43.9 Å². The summed E-state index contributed by atoms with van der Waals surface area (Å²) >= 11 is 0.307. The van der Waals surface area contributed by atoms with Gasteiger partial charge in [0.15, 0.2) is 11.7 Å². The zero-order valence-corrected chi connectivity index (χ0v) is 17.0. The van der Waals surface area contributed by atoms with Crippen LogP contribution in [0.15, 0.2) is 71.0 Å². The standard InChI is InChI=1S/C22H12F10S/c1-3-11-5-7-15(13(9-11)17(23)19(25)21(27,28)29)33-16-8-6-12(4-2)10-14(16)18(24)20(26)22(30,31)32/h3-10H,1-2H2. The van der Waals surface area contributed by atoms with Crippen LogP contribution in [0.3, 0.4) is 0 Å². The van der Waals surface area contributed by atoms with Crippen LogP contribution < -0.4 is 0 Å². The van der Waals surface area contributed by atoms with Crippen molar-refractivity contribution in [3.63, 3.8) is 0 Å². The molecule has 0 atom stereocenters. The summed E-state index contributed by atoms with van der Waals surface area (Å²) < 4.78 is 132. The molecule has 0 nitrogen and oxygen atoms in total. The van der Waals surface area contributed by atoms with Crippen molar-refractivity contribution < 1.29 is 43.9 Å². The topological polar surface area (TPSA) is 0 Å². The van der Waals surface area contributed by atoms with Crippen LogP contribution in [0, 0.1) is 0 Å². The molecular formula is C22H12F10S. The van der Waals surface area contributed by atoms with E-state index in [2.05, 4.69) is 13.2 Å². The first kappa shape index (κ1) is 26.3. The highest BCUT2D eigenvalue weighted by molar-refractivity contribution is 7.99. The number of halogens is 10. The first-order chi connectivity index (χ1) is 15.2. The van der Waals surface area contributed by atoms with Crippen LogP contribution in [-0.4, -0.2) is 12.4 Å². The van der Waals surface area contributed by atoms with E-state index in [1.807, 2.05) is 0 Å². The Morgan fingerprint density at radius 2 is 0.970 bits per heavy atom. The monoisotopic (exact) mass is 498 g/mol. The molecule has 176 valence electrons. The SMILES string of the molecule is C=Cc1ccc(Sc2ccc(C=C)cc2C(F)=C(F)C(F)(F)F)c(C(F)=C(F)C(F)(F)F)c1. The molecule has 0 unspecified atom stereocenters. The zero-order valence-electron chi connectivity index (χ0n) is 16.2. The molecule has 2 aromatic carbocycles. The third kappa shape index (κ3) is 6.10. The molecule has 0 aliphatic rings. The summed E-state index contributed by atoms with van der Waals surface area (Å²) in [4.78, 5) is -0.823. The molecule has 0 aliphatic carbocycles. The molecule has 2 rings (SSSR count). The van der Waals surface area contributed by atoms with Gasteiger partial charge in [-0.3, -0.25) is 0 Å². The quantitative estimate of drug-likeness (QED) is 0.358. The molecule has 0 saturated heterocycles. The zero-order chi connectivity index (χ0) is 25.1. The Balaban J connectivity index is 2.75. The Hall–Kier alpha value is -2.95. The molecule has 0 N–H and O–H groups in total. The van der Waals surface area contributed by atoms with Gasteiger partial charge in [-0.05, 0) is 35.4 Å². The Kier molecular flexibility index (Phi) is 7.89. The van der Waals surface area contributed by atoms with Gasteiger partial charge in [-0.15, -0.1) is 0 Å². The molecule has 0 radical (unpaired) electrons.